The number of carbonyl (C=O) groups excluding carboxylic acids is 1. The van der Waals surface area contributed by atoms with E-state index >= 15 is 0 Å². The molecule has 1 aromatic rings. The van der Waals surface area contributed by atoms with Crippen molar-refractivity contribution >= 4 is 27.6 Å². The molecular weight excluding hydrogens is 308 g/mol. The van der Waals surface area contributed by atoms with Gasteiger partial charge in [0, 0.05) is 17.6 Å². The van der Waals surface area contributed by atoms with E-state index in [1.54, 1.807) is 0 Å². The molecule has 0 aromatic heterocycles. The molecule has 1 aliphatic heterocycles. The van der Waals surface area contributed by atoms with Gasteiger partial charge in [0.25, 0.3) is 0 Å². The monoisotopic (exact) mass is 326 g/mol. The Labute approximate surface area is 122 Å². The molecule has 0 bridgehead atoms. The van der Waals surface area contributed by atoms with Crippen molar-refractivity contribution in [3.63, 3.8) is 0 Å². The molecule has 0 aliphatic carbocycles. The maximum atomic E-state index is 12.2. The number of amides is 2. The largest absolute Gasteiger partial charge is 0.375 e. The van der Waals surface area contributed by atoms with Crippen LogP contribution in [-0.4, -0.2) is 36.7 Å². The third-order valence-electron chi connectivity index (χ3n) is 3.25. The smallest absolute Gasteiger partial charge is 0.322 e. The summed E-state index contributed by atoms with van der Waals surface area (Å²) in [7, 11) is 0. The van der Waals surface area contributed by atoms with Crippen LogP contribution in [0.15, 0.2) is 22.7 Å². The summed E-state index contributed by atoms with van der Waals surface area (Å²) in [6, 6.07) is 5.82. The van der Waals surface area contributed by atoms with Gasteiger partial charge in [0.1, 0.15) is 0 Å². The average Bonchev–Trinajstić information content (AvgIpc) is 2.42. The lowest BCUT2D eigenvalue weighted by atomic mass is 10.2. The summed E-state index contributed by atoms with van der Waals surface area (Å²) in [5.41, 5.74) is 1.96. The van der Waals surface area contributed by atoms with Crippen LogP contribution in [0.1, 0.15) is 18.9 Å². The van der Waals surface area contributed by atoms with Crippen LogP contribution < -0.4 is 5.32 Å². The number of nitrogens with zero attached hydrogens (tertiary/aromatic N) is 1. The lowest BCUT2D eigenvalue weighted by Crippen LogP contribution is -2.47. The van der Waals surface area contributed by atoms with E-state index in [2.05, 4.69) is 28.2 Å². The van der Waals surface area contributed by atoms with E-state index in [1.165, 1.54) is 0 Å². The minimum Gasteiger partial charge on any atom is -0.375 e. The lowest BCUT2D eigenvalue weighted by molar-refractivity contribution is -0.0134. The standard InChI is InChI=1S/C14H19BrN2O2/c1-3-11-9-17(6-7-19-11)14(18)16-13-5-4-10(2)8-12(13)15/h4-5,8,11H,3,6-7,9H2,1-2H3,(H,16,18)/t11-/m1/s1. The molecule has 0 saturated carbocycles. The van der Waals surface area contributed by atoms with Gasteiger partial charge in [-0.3, -0.25) is 0 Å². The van der Waals surface area contributed by atoms with E-state index in [0.29, 0.717) is 19.7 Å². The van der Waals surface area contributed by atoms with Crippen LogP contribution in [0.4, 0.5) is 10.5 Å². The van der Waals surface area contributed by atoms with Gasteiger partial charge in [-0.2, -0.15) is 0 Å². The van der Waals surface area contributed by atoms with Gasteiger partial charge < -0.3 is 15.0 Å². The molecule has 0 spiro atoms. The van der Waals surface area contributed by atoms with Gasteiger partial charge in [-0.05, 0) is 47.0 Å². The number of morpholine rings is 1. The van der Waals surface area contributed by atoms with Crippen LogP contribution in [-0.2, 0) is 4.74 Å². The van der Waals surface area contributed by atoms with Crippen LogP contribution in [0.25, 0.3) is 0 Å². The molecule has 2 rings (SSSR count). The third kappa shape index (κ3) is 3.70. The molecule has 1 aromatic carbocycles. The van der Waals surface area contributed by atoms with Gasteiger partial charge in [0.05, 0.1) is 18.4 Å². The molecule has 4 nitrogen and oxygen atoms in total. The van der Waals surface area contributed by atoms with Crippen LogP contribution in [0.2, 0.25) is 0 Å². The molecular formula is C14H19BrN2O2. The predicted molar refractivity (Wildman–Crippen MR) is 79.5 cm³/mol. The highest BCUT2D eigenvalue weighted by Crippen LogP contribution is 2.24. The molecule has 1 atom stereocenters. The number of nitrogens with one attached hydrogen (secondary N) is 1. The van der Waals surface area contributed by atoms with Crippen molar-refractivity contribution in [1.82, 2.24) is 4.90 Å². The van der Waals surface area contributed by atoms with E-state index in [-0.39, 0.29) is 12.1 Å². The Morgan fingerprint density at radius 3 is 3.05 bits per heavy atom. The predicted octanol–water partition coefficient (Wildman–Crippen LogP) is 3.40. The van der Waals surface area contributed by atoms with Crippen LogP contribution in [0.5, 0.6) is 0 Å². The Hall–Kier alpha value is -1.07. The number of anilines is 1. The fraction of sp³-hybridized carbons (Fsp3) is 0.500. The van der Waals surface area contributed by atoms with E-state index in [1.807, 2.05) is 30.0 Å². The summed E-state index contributed by atoms with van der Waals surface area (Å²) in [5, 5.41) is 2.94. The summed E-state index contributed by atoms with van der Waals surface area (Å²) in [5.74, 6) is 0. The molecule has 0 unspecified atom stereocenters. The van der Waals surface area contributed by atoms with Crippen molar-refractivity contribution in [1.29, 1.82) is 0 Å². The van der Waals surface area contributed by atoms with Gasteiger partial charge in [-0.15, -0.1) is 0 Å². The first-order chi connectivity index (χ1) is 9.10. The minimum absolute atomic E-state index is 0.0636. The highest BCUT2D eigenvalue weighted by atomic mass is 79.9. The molecule has 1 N–H and O–H groups in total. The second-order valence-electron chi connectivity index (χ2n) is 4.76. The Morgan fingerprint density at radius 1 is 1.58 bits per heavy atom. The summed E-state index contributed by atoms with van der Waals surface area (Å²) in [6.45, 7) is 6.01. The topological polar surface area (TPSA) is 41.6 Å². The number of halogens is 1. The van der Waals surface area contributed by atoms with E-state index < -0.39 is 0 Å². The summed E-state index contributed by atoms with van der Waals surface area (Å²) >= 11 is 3.47. The molecule has 5 heteroatoms. The molecule has 19 heavy (non-hydrogen) atoms. The molecule has 104 valence electrons. The zero-order chi connectivity index (χ0) is 13.8. The first-order valence-corrected chi connectivity index (χ1v) is 7.33. The molecule has 1 aliphatic rings. The number of aryl methyl sites for hydroxylation is 1. The number of rotatable bonds is 2. The quantitative estimate of drug-likeness (QED) is 0.904. The van der Waals surface area contributed by atoms with Crippen LogP contribution >= 0.6 is 15.9 Å². The second-order valence-corrected chi connectivity index (χ2v) is 5.61. The van der Waals surface area contributed by atoms with Crippen molar-refractivity contribution in [2.24, 2.45) is 0 Å². The molecule has 2 amide bonds. The van der Waals surface area contributed by atoms with Gasteiger partial charge >= 0.3 is 6.03 Å². The maximum Gasteiger partial charge on any atom is 0.322 e. The van der Waals surface area contributed by atoms with Gasteiger partial charge in [-0.25, -0.2) is 4.79 Å². The number of ether oxygens (including phenoxy) is 1. The zero-order valence-corrected chi connectivity index (χ0v) is 12.9. The summed E-state index contributed by atoms with van der Waals surface area (Å²) < 4.78 is 6.47. The minimum atomic E-state index is -0.0636. The average molecular weight is 327 g/mol. The van der Waals surface area contributed by atoms with Gasteiger partial charge in [0.2, 0.25) is 0 Å². The first-order valence-electron chi connectivity index (χ1n) is 6.54. The molecule has 1 heterocycles. The van der Waals surface area contributed by atoms with Gasteiger partial charge in [0.15, 0.2) is 0 Å². The van der Waals surface area contributed by atoms with E-state index in [9.17, 15) is 4.79 Å². The highest BCUT2D eigenvalue weighted by molar-refractivity contribution is 9.10. The van der Waals surface area contributed by atoms with Crippen molar-refractivity contribution in [3.8, 4) is 0 Å². The maximum absolute atomic E-state index is 12.2. The van der Waals surface area contributed by atoms with Crippen molar-refractivity contribution in [3.05, 3.63) is 28.2 Å². The molecule has 1 saturated heterocycles. The molecule has 0 radical (unpaired) electrons. The Kier molecular flexibility index (Phi) is 4.82. The Bertz CT molecular complexity index is 465. The lowest BCUT2D eigenvalue weighted by Gasteiger charge is -2.32. The second kappa shape index (κ2) is 6.39. The van der Waals surface area contributed by atoms with Crippen LogP contribution in [0.3, 0.4) is 0 Å². The van der Waals surface area contributed by atoms with Crippen LogP contribution in [0, 0.1) is 6.92 Å². The number of urea groups is 1. The fourth-order valence-electron chi connectivity index (χ4n) is 2.07. The van der Waals surface area contributed by atoms with Crippen molar-refractivity contribution in [2.75, 3.05) is 25.0 Å². The van der Waals surface area contributed by atoms with Crippen molar-refractivity contribution in [2.45, 2.75) is 26.4 Å². The number of hydrogen-bond acceptors (Lipinski definition) is 2. The zero-order valence-electron chi connectivity index (χ0n) is 11.3. The first kappa shape index (κ1) is 14.3. The third-order valence-corrected chi connectivity index (χ3v) is 3.90. The van der Waals surface area contributed by atoms with Gasteiger partial charge in [-0.1, -0.05) is 13.0 Å². The number of carbonyl (C=O) groups is 1. The SMILES string of the molecule is CC[C@@H]1CN(C(=O)Nc2ccc(C)cc2Br)CCO1. The normalized spacial score (nSPS) is 19.3. The Balaban J connectivity index is 2.00. The van der Waals surface area contributed by atoms with E-state index in [0.717, 1.165) is 22.1 Å². The Morgan fingerprint density at radius 2 is 2.37 bits per heavy atom. The number of benzene rings is 1. The molecule has 1 fully saturated rings. The van der Waals surface area contributed by atoms with Crippen molar-refractivity contribution < 1.29 is 9.53 Å². The van der Waals surface area contributed by atoms with E-state index in [4.69, 9.17) is 4.74 Å². The highest BCUT2D eigenvalue weighted by Gasteiger charge is 2.23. The number of hydrogen-bond donors (Lipinski definition) is 1. The summed E-state index contributed by atoms with van der Waals surface area (Å²) in [4.78, 5) is 14.0. The fourth-order valence-corrected chi connectivity index (χ4v) is 2.66. The summed E-state index contributed by atoms with van der Waals surface area (Å²) in [6.07, 6.45) is 1.08.